The van der Waals surface area contributed by atoms with Crippen LogP contribution in [0.3, 0.4) is 0 Å². The SMILES string of the molecule is c1ccc2c(c1)oc1c(-c3ccc(N(c4ccc(N(c5ccc(N(c6ccc(-c7cccc8c7oc7ccccc78)cc6)c6ccc(-n7c8ccccc8c8ccccc87)cc6)cc5)c5ccc(N(c6ccc(-n7c8ccccc8c8ccccc87)cc6)c6cccc7c6oc6ccccc67)cc5)cc4)c4ccc(-n5c6ccccc6c6ccccc65)cc4)cc3)cccc12. The topological polar surface area (TPSA) is 67.2 Å². The van der Waals surface area contributed by atoms with E-state index in [2.05, 4.69) is 470 Å². The van der Waals surface area contributed by atoms with Gasteiger partial charge in [-0.2, -0.15) is 0 Å². The van der Waals surface area contributed by atoms with E-state index in [0.717, 1.165) is 206 Å². The highest BCUT2D eigenvalue weighted by Gasteiger charge is 2.27. The van der Waals surface area contributed by atoms with Crippen LogP contribution >= 0.6 is 0 Å². The highest BCUT2D eigenvalue weighted by atomic mass is 16.3. The fraction of sp³-hybridized carbons (Fsp3) is 0. The van der Waals surface area contributed by atoms with Crippen LogP contribution in [0, 0.1) is 0 Å². The van der Waals surface area contributed by atoms with Crippen LogP contribution in [0.15, 0.2) is 480 Å². The van der Waals surface area contributed by atoms with E-state index in [0.29, 0.717) is 0 Å². The summed E-state index contributed by atoms with van der Waals surface area (Å²) < 4.78 is 27.4. The summed E-state index contributed by atoms with van der Waals surface area (Å²) in [6.07, 6.45) is 0. The normalized spacial score (nSPS) is 11.8. The van der Waals surface area contributed by atoms with Gasteiger partial charge >= 0.3 is 0 Å². The van der Waals surface area contributed by atoms with Gasteiger partial charge in [0.05, 0.1) is 38.8 Å². The van der Waals surface area contributed by atoms with Gasteiger partial charge in [0, 0.05) is 155 Å². The second-order valence-electron chi connectivity index (χ2n) is 33.5. The maximum Gasteiger partial charge on any atom is 0.159 e. The van der Waals surface area contributed by atoms with Crippen LogP contribution in [0.25, 0.3) is 171 Å². The monoisotopic (exact) mass is 1660 g/mol. The zero-order chi connectivity index (χ0) is 85.4. The molecule has 0 aliphatic heterocycles. The molecule has 20 aromatic carbocycles. The number of benzene rings is 20. The molecule has 0 saturated carbocycles. The maximum absolute atomic E-state index is 6.95. The molecule has 26 aromatic rings. The summed E-state index contributed by atoms with van der Waals surface area (Å²) in [6.45, 7) is 0. The Kier molecular flexibility index (Phi) is 17.1. The third-order valence-electron chi connectivity index (χ3n) is 26.2. The van der Waals surface area contributed by atoms with Gasteiger partial charge in [0.1, 0.15) is 27.9 Å². The highest BCUT2D eigenvalue weighted by Crippen LogP contribution is 2.50. The van der Waals surface area contributed by atoms with E-state index in [-0.39, 0.29) is 0 Å². The lowest BCUT2D eigenvalue weighted by molar-refractivity contribution is 0.669. The second-order valence-corrected chi connectivity index (χ2v) is 33.5. The van der Waals surface area contributed by atoms with E-state index in [1.54, 1.807) is 0 Å². The molecular formula is C120H77N7O3. The van der Waals surface area contributed by atoms with Crippen LogP contribution < -0.4 is 19.6 Å². The van der Waals surface area contributed by atoms with Crippen molar-refractivity contribution in [3.05, 3.63) is 467 Å². The van der Waals surface area contributed by atoms with Gasteiger partial charge < -0.3 is 46.6 Å². The van der Waals surface area contributed by atoms with Gasteiger partial charge in [-0.3, -0.25) is 0 Å². The van der Waals surface area contributed by atoms with Gasteiger partial charge in [-0.25, -0.2) is 0 Å². The summed E-state index contributed by atoms with van der Waals surface area (Å²) in [5, 5.41) is 13.8. The molecule has 0 aliphatic rings. The highest BCUT2D eigenvalue weighted by molar-refractivity contribution is 6.15. The number of rotatable bonds is 17. The largest absolute Gasteiger partial charge is 0.455 e. The summed E-state index contributed by atoms with van der Waals surface area (Å²) in [7, 11) is 0. The molecule has 0 atom stereocenters. The second kappa shape index (κ2) is 30.1. The molecule has 0 radical (unpaired) electrons. The molecule has 10 nitrogen and oxygen atoms in total. The maximum atomic E-state index is 6.95. The fourth-order valence-corrected chi connectivity index (χ4v) is 20.3. The predicted octanol–water partition coefficient (Wildman–Crippen LogP) is 33.9. The van der Waals surface area contributed by atoms with Gasteiger partial charge in [-0.15, -0.1) is 0 Å². The zero-order valence-electron chi connectivity index (χ0n) is 70.3. The standard InChI is InChI=1S/C120H77N7O3/c1-10-36-108-96(22-1)97-23-2-11-37-109(97)125(108)91-72-64-87(65-73-91)121(80-50-46-78(47-51-80)94-31-19-33-105-102-28-7-16-43-115(102)128-118(94)105)82-54-58-84(59-55-82)123(86-62-68-89(69-63-86)124(114-42-21-35-107-104-30-9-18-45-117(104)130-120(107)114)90-70-76-93(77-71-90)127-112-40-14-5-26-100(112)101-27-6-15-41-113(101)127)85-60-56-83(57-61-85)122(81-52-48-79(49-53-81)95-32-20-34-106-103-29-8-17-44-116(103)129-119(95)106)88-66-74-92(75-67-88)126-110-38-12-3-24-98(110)99-25-4-13-39-111(99)126/h1-77H. The van der Waals surface area contributed by atoms with Crippen LogP contribution in [0.4, 0.5) is 68.2 Å². The Hall–Kier alpha value is -17.6. The number of para-hydroxylation sites is 12. The van der Waals surface area contributed by atoms with Crippen LogP contribution in [0.2, 0.25) is 0 Å². The van der Waals surface area contributed by atoms with Crippen LogP contribution in [0.1, 0.15) is 0 Å². The minimum atomic E-state index is 0.801. The predicted molar refractivity (Wildman–Crippen MR) is 541 cm³/mol. The Balaban J connectivity index is 0.622. The average molecular weight is 1660 g/mol. The molecule has 0 unspecified atom stereocenters. The van der Waals surface area contributed by atoms with Crippen molar-refractivity contribution < 1.29 is 13.3 Å². The van der Waals surface area contributed by atoms with Crippen molar-refractivity contribution in [1.82, 2.24) is 13.7 Å². The Morgan fingerprint density at radius 3 is 0.623 bits per heavy atom. The van der Waals surface area contributed by atoms with Crippen molar-refractivity contribution in [3.63, 3.8) is 0 Å². The van der Waals surface area contributed by atoms with E-state index in [4.69, 9.17) is 13.3 Å². The molecule has 130 heavy (non-hydrogen) atoms. The Morgan fingerprint density at radius 1 is 0.146 bits per heavy atom. The number of aromatic nitrogens is 3. The Morgan fingerprint density at radius 2 is 0.346 bits per heavy atom. The quantitative estimate of drug-likeness (QED) is 0.0900. The third-order valence-corrected chi connectivity index (χ3v) is 26.2. The first-order chi connectivity index (χ1) is 64.5. The lowest BCUT2D eigenvalue weighted by Gasteiger charge is -2.30. The molecule has 0 fully saturated rings. The van der Waals surface area contributed by atoms with Crippen molar-refractivity contribution in [2.45, 2.75) is 0 Å². The molecule has 0 amide bonds. The third kappa shape index (κ3) is 12.0. The molecule has 10 heteroatoms. The van der Waals surface area contributed by atoms with E-state index in [1.807, 2.05) is 30.3 Å². The first kappa shape index (κ1) is 73.9. The van der Waals surface area contributed by atoms with Crippen molar-refractivity contribution in [2.24, 2.45) is 0 Å². The summed E-state index contributed by atoms with van der Waals surface area (Å²) >= 11 is 0. The van der Waals surface area contributed by atoms with Crippen molar-refractivity contribution in [2.75, 3.05) is 19.6 Å². The minimum absolute atomic E-state index is 0.801. The van der Waals surface area contributed by atoms with Crippen molar-refractivity contribution in [3.8, 4) is 39.3 Å². The fourth-order valence-electron chi connectivity index (χ4n) is 20.3. The molecule has 6 aromatic heterocycles. The van der Waals surface area contributed by atoms with E-state index in [1.165, 1.54) is 32.3 Å². The molecule has 0 saturated heterocycles. The average Bonchev–Trinajstić information content (AvgIpc) is 1.55. The van der Waals surface area contributed by atoms with Crippen LogP contribution in [-0.4, -0.2) is 13.7 Å². The molecule has 610 valence electrons. The van der Waals surface area contributed by atoms with Gasteiger partial charge in [0.15, 0.2) is 5.58 Å². The first-order valence-corrected chi connectivity index (χ1v) is 44.2. The van der Waals surface area contributed by atoms with Gasteiger partial charge in [0.25, 0.3) is 0 Å². The summed E-state index contributed by atoms with van der Waals surface area (Å²) in [4.78, 5) is 9.44. The number of hydrogen-bond donors (Lipinski definition) is 0. The molecule has 0 N–H and O–H groups in total. The van der Waals surface area contributed by atoms with Crippen molar-refractivity contribution in [1.29, 1.82) is 0 Å². The molecule has 26 rings (SSSR count). The number of nitrogens with zero attached hydrogens (tertiary/aromatic N) is 7. The molecular weight excluding hydrogens is 1590 g/mol. The zero-order valence-corrected chi connectivity index (χ0v) is 70.3. The molecule has 0 spiro atoms. The first-order valence-electron chi connectivity index (χ1n) is 44.2. The molecule has 6 heterocycles. The number of anilines is 12. The van der Waals surface area contributed by atoms with Gasteiger partial charge in [0.2, 0.25) is 0 Å². The number of furan rings is 3. The number of hydrogen-bond acceptors (Lipinski definition) is 7. The minimum Gasteiger partial charge on any atom is -0.455 e. The van der Waals surface area contributed by atoms with E-state index in [9.17, 15) is 0 Å². The molecule has 0 bridgehead atoms. The Labute approximate surface area is 747 Å². The van der Waals surface area contributed by atoms with E-state index < -0.39 is 0 Å². The summed E-state index contributed by atoms with van der Waals surface area (Å²) in [5.41, 5.74) is 31.1. The summed E-state index contributed by atoms with van der Waals surface area (Å²) in [6, 6.07) is 168. The van der Waals surface area contributed by atoms with Gasteiger partial charge in [-0.1, -0.05) is 237 Å². The smallest absolute Gasteiger partial charge is 0.159 e. The van der Waals surface area contributed by atoms with Gasteiger partial charge in [-0.05, 0) is 242 Å². The Bertz CT molecular complexity index is 8390. The van der Waals surface area contributed by atoms with Crippen molar-refractivity contribution >= 4 is 199 Å². The lowest BCUT2D eigenvalue weighted by atomic mass is 10.0. The number of fused-ring (bicyclic) bond motifs is 18. The molecule has 0 aliphatic carbocycles. The summed E-state index contributed by atoms with van der Waals surface area (Å²) in [5.74, 6) is 0. The van der Waals surface area contributed by atoms with E-state index >= 15 is 0 Å². The lowest BCUT2D eigenvalue weighted by Crippen LogP contribution is -2.14. The van der Waals surface area contributed by atoms with Crippen LogP contribution in [0.5, 0.6) is 0 Å². The van der Waals surface area contributed by atoms with Crippen LogP contribution in [-0.2, 0) is 0 Å².